The topological polar surface area (TPSA) is 46.9 Å². The van der Waals surface area contributed by atoms with Crippen molar-refractivity contribution in [3.05, 3.63) is 29.1 Å². The fraction of sp³-hybridized carbons (Fsp3) is 0.231. The van der Waals surface area contributed by atoms with Crippen molar-refractivity contribution in [3.8, 4) is 11.3 Å². The third kappa shape index (κ3) is 2.19. The van der Waals surface area contributed by atoms with Gasteiger partial charge >= 0.3 is 0 Å². The van der Waals surface area contributed by atoms with E-state index in [4.69, 9.17) is 0 Å². The van der Waals surface area contributed by atoms with Crippen LogP contribution in [0.1, 0.15) is 6.92 Å². The number of amides is 1. The molecule has 19 heavy (non-hydrogen) atoms. The second-order valence-corrected chi connectivity index (χ2v) is 6.59. The van der Waals surface area contributed by atoms with Crippen molar-refractivity contribution in [2.24, 2.45) is 7.05 Å². The van der Waals surface area contributed by atoms with E-state index in [0.717, 1.165) is 26.4 Å². The highest BCUT2D eigenvalue weighted by molar-refractivity contribution is 9.10. The van der Waals surface area contributed by atoms with Crippen molar-refractivity contribution in [3.63, 3.8) is 0 Å². The van der Waals surface area contributed by atoms with Crippen molar-refractivity contribution in [2.75, 3.05) is 5.32 Å². The van der Waals surface area contributed by atoms with E-state index in [9.17, 15) is 4.79 Å². The minimum Gasteiger partial charge on any atom is -0.328 e. The molecule has 98 valence electrons. The number of hydrogen-bond acceptors (Lipinski definition) is 3. The number of nitrogens with zero attached hydrogens (tertiary/aromatic N) is 2. The van der Waals surface area contributed by atoms with Crippen molar-refractivity contribution < 1.29 is 4.79 Å². The van der Waals surface area contributed by atoms with Crippen molar-refractivity contribution in [1.29, 1.82) is 0 Å². The second-order valence-electron chi connectivity index (χ2n) is 4.46. The highest BCUT2D eigenvalue weighted by Crippen LogP contribution is 2.38. The number of hydrogen-bond donors (Lipinski definition) is 1. The summed E-state index contributed by atoms with van der Waals surface area (Å²) in [5.74, 6) is 0.0507. The molecule has 1 unspecified atom stereocenters. The van der Waals surface area contributed by atoms with Crippen LogP contribution in [0.2, 0.25) is 0 Å². The molecule has 0 aliphatic carbocycles. The van der Waals surface area contributed by atoms with Crippen LogP contribution in [0.15, 0.2) is 34.0 Å². The maximum absolute atomic E-state index is 11.7. The summed E-state index contributed by atoms with van der Waals surface area (Å²) < 4.78 is 2.83. The number of rotatable bonds is 1. The zero-order chi connectivity index (χ0) is 13.6. The van der Waals surface area contributed by atoms with E-state index in [2.05, 4.69) is 26.2 Å². The van der Waals surface area contributed by atoms with Crippen LogP contribution < -0.4 is 5.32 Å². The molecule has 2 heterocycles. The number of aryl methyl sites for hydroxylation is 1. The number of carbonyl (C=O) groups excluding carboxylic acids is 1. The number of anilines is 1. The second kappa shape index (κ2) is 4.68. The summed E-state index contributed by atoms with van der Waals surface area (Å²) >= 11 is 5.10. The zero-order valence-electron chi connectivity index (χ0n) is 10.5. The smallest absolute Gasteiger partial charge is 0.237 e. The minimum absolute atomic E-state index is 0.0417. The average molecular weight is 338 g/mol. The third-order valence-corrected chi connectivity index (χ3v) is 5.16. The molecule has 0 fully saturated rings. The molecule has 4 nitrogen and oxygen atoms in total. The van der Waals surface area contributed by atoms with Gasteiger partial charge in [0.25, 0.3) is 0 Å². The number of nitrogens with one attached hydrogen (secondary N) is 1. The Morgan fingerprint density at radius 1 is 1.47 bits per heavy atom. The quantitative estimate of drug-likeness (QED) is 0.868. The van der Waals surface area contributed by atoms with E-state index in [1.807, 2.05) is 36.7 Å². The number of thioether (sulfide) groups is 1. The Morgan fingerprint density at radius 2 is 2.26 bits per heavy atom. The summed E-state index contributed by atoms with van der Waals surface area (Å²) in [6.07, 6.45) is 1.76. The van der Waals surface area contributed by atoms with Crippen LogP contribution >= 0.6 is 27.7 Å². The van der Waals surface area contributed by atoms with Gasteiger partial charge < -0.3 is 9.88 Å². The van der Waals surface area contributed by atoms with Gasteiger partial charge in [0.1, 0.15) is 10.3 Å². The summed E-state index contributed by atoms with van der Waals surface area (Å²) in [5.41, 5.74) is 2.73. The van der Waals surface area contributed by atoms with Crippen LogP contribution in [-0.4, -0.2) is 20.7 Å². The monoisotopic (exact) mass is 337 g/mol. The summed E-state index contributed by atoms with van der Waals surface area (Å²) in [6, 6.07) is 6.04. The lowest BCUT2D eigenvalue weighted by molar-refractivity contribution is -0.115. The lowest BCUT2D eigenvalue weighted by atomic mass is 10.1. The van der Waals surface area contributed by atoms with Crippen LogP contribution in [-0.2, 0) is 11.8 Å². The average Bonchev–Trinajstić information content (AvgIpc) is 2.71. The van der Waals surface area contributed by atoms with Gasteiger partial charge in [-0.15, -0.1) is 11.8 Å². The van der Waals surface area contributed by atoms with Crippen LogP contribution in [0, 0.1) is 0 Å². The molecule has 1 N–H and O–H groups in total. The van der Waals surface area contributed by atoms with E-state index in [1.165, 1.54) is 0 Å². The van der Waals surface area contributed by atoms with Gasteiger partial charge in [0.2, 0.25) is 5.91 Å². The Morgan fingerprint density at radius 3 is 2.95 bits per heavy atom. The fourth-order valence-corrected chi connectivity index (χ4v) is 3.32. The number of fused-ring (bicyclic) bond motifs is 1. The molecule has 2 aromatic rings. The summed E-state index contributed by atoms with van der Waals surface area (Å²) in [6.45, 7) is 1.91. The molecule has 1 aliphatic rings. The van der Waals surface area contributed by atoms with Crippen molar-refractivity contribution in [1.82, 2.24) is 9.55 Å². The van der Waals surface area contributed by atoms with Gasteiger partial charge in [0.15, 0.2) is 0 Å². The van der Waals surface area contributed by atoms with Gasteiger partial charge in [-0.3, -0.25) is 4.79 Å². The molecule has 6 heteroatoms. The first-order valence-electron chi connectivity index (χ1n) is 5.85. The third-order valence-electron chi connectivity index (χ3n) is 3.05. The molecule has 0 radical (unpaired) electrons. The van der Waals surface area contributed by atoms with E-state index >= 15 is 0 Å². The van der Waals surface area contributed by atoms with Gasteiger partial charge in [-0.2, -0.15) is 0 Å². The predicted molar refractivity (Wildman–Crippen MR) is 80.3 cm³/mol. The van der Waals surface area contributed by atoms with Gasteiger partial charge in [-0.05, 0) is 35.0 Å². The molecule has 3 rings (SSSR count). The first-order chi connectivity index (χ1) is 9.06. The highest BCUT2D eigenvalue weighted by atomic mass is 79.9. The maximum Gasteiger partial charge on any atom is 0.237 e. The molecular formula is C13H12BrN3OS. The molecule has 1 amide bonds. The molecule has 0 saturated heterocycles. The standard InChI is InChI=1S/C13H12BrN3OS/c1-7-13(18)16-9-5-8(3-4-10(9)19-7)11-12(14)17(2)6-15-11/h3-7H,1-2H3,(H,16,18). The van der Waals surface area contributed by atoms with E-state index < -0.39 is 0 Å². The molecule has 1 aromatic heterocycles. The number of imidazole rings is 1. The minimum atomic E-state index is -0.0417. The number of halogens is 1. The van der Waals surface area contributed by atoms with Gasteiger partial charge in [-0.1, -0.05) is 6.07 Å². The number of aromatic nitrogens is 2. The van der Waals surface area contributed by atoms with Gasteiger partial charge in [0.05, 0.1) is 17.3 Å². The van der Waals surface area contributed by atoms with Crippen LogP contribution in [0.3, 0.4) is 0 Å². The normalized spacial score (nSPS) is 18.1. The zero-order valence-corrected chi connectivity index (χ0v) is 12.9. The van der Waals surface area contributed by atoms with Crippen LogP contribution in [0.5, 0.6) is 0 Å². The fourth-order valence-electron chi connectivity index (χ4n) is 1.97. The molecular weight excluding hydrogens is 326 g/mol. The molecule has 1 atom stereocenters. The predicted octanol–water partition coefficient (Wildman–Crippen LogP) is 3.28. The Labute approximate surface area is 123 Å². The Hall–Kier alpha value is -1.27. The number of carbonyl (C=O) groups is 1. The molecule has 0 spiro atoms. The Balaban J connectivity index is 2.05. The molecule has 1 aliphatic heterocycles. The molecule has 0 bridgehead atoms. The van der Waals surface area contributed by atoms with E-state index in [-0.39, 0.29) is 11.2 Å². The van der Waals surface area contributed by atoms with Crippen molar-refractivity contribution >= 4 is 39.3 Å². The lowest BCUT2D eigenvalue weighted by Gasteiger charge is -2.21. The Kier molecular flexibility index (Phi) is 3.14. The lowest BCUT2D eigenvalue weighted by Crippen LogP contribution is -2.26. The molecule has 1 aromatic carbocycles. The summed E-state index contributed by atoms with van der Waals surface area (Å²) in [7, 11) is 1.93. The highest BCUT2D eigenvalue weighted by Gasteiger charge is 2.23. The largest absolute Gasteiger partial charge is 0.328 e. The number of benzene rings is 1. The first kappa shape index (κ1) is 12.7. The van der Waals surface area contributed by atoms with Crippen molar-refractivity contribution in [2.45, 2.75) is 17.1 Å². The Bertz CT molecular complexity index is 668. The summed E-state index contributed by atoms with van der Waals surface area (Å²) in [5, 5.41) is 2.89. The maximum atomic E-state index is 11.7. The molecule has 0 saturated carbocycles. The summed E-state index contributed by atoms with van der Waals surface area (Å²) in [4.78, 5) is 17.2. The SMILES string of the molecule is CC1Sc2ccc(-c3ncn(C)c3Br)cc2NC1=O. The van der Waals surface area contributed by atoms with Gasteiger partial charge in [-0.25, -0.2) is 4.98 Å². The van der Waals surface area contributed by atoms with Gasteiger partial charge in [0, 0.05) is 17.5 Å². The van der Waals surface area contributed by atoms with E-state index in [0.29, 0.717) is 0 Å². The van der Waals surface area contributed by atoms with Crippen LogP contribution in [0.25, 0.3) is 11.3 Å². The first-order valence-corrected chi connectivity index (χ1v) is 7.52. The van der Waals surface area contributed by atoms with Crippen LogP contribution in [0.4, 0.5) is 5.69 Å². The van der Waals surface area contributed by atoms with E-state index in [1.54, 1.807) is 18.1 Å².